The smallest absolute Gasteiger partial charge is 0.245 e. The minimum absolute atomic E-state index is 0.0982. The van der Waals surface area contributed by atoms with Crippen LogP contribution in [0, 0.1) is 0 Å². The van der Waals surface area contributed by atoms with Crippen molar-refractivity contribution in [1.82, 2.24) is 34.7 Å². The molecule has 4 atom stereocenters. The van der Waals surface area contributed by atoms with Gasteiger partial charge in [-0.05, 0) is 19.8 Å². The Hall–Kier alpha value is -3.14. The zero-order valence-corrected chi connectivity index (χ0v) is 22.8. The third-order valence-corrected chi connectivity index (χ3v) is 8.30. The lowest BCUT2D eigenvalue weighted by molar-refractivity contribution is 0.0950. The predicted molar refractivity (Wildman–Crippen MR) is 136 cm³/mol. The molecule has 0 bridgehead atoms. The Morgan fingerprint density at radius 1 is 1.05 bits per heavy atom. The first kappa shape index (κ1) is 27.9. The molecule has 0 aliphatic heterocycles. The summed E-state index contributed by atoms with van der Waals surface area (Å²) < 4.78 is 47.4. The largest absolute Gasteiger partial charge is 0.479 e. The standard InChI is InChI=1S/C22H29ClN8O6S/c1-12(17(35-2)18-24-9-13(23)10-25-18)38(33,34)30-22-29-28-19(14-7-5-6-8-15(14)32)31(22)16-20(36-3)26-11-27-21(16)37-4/h9-12,14-15,17,32H,5-8H2,1-4H3,(H,29,30)/t12-,14+,15+,17-/m0/s1. The quantitative estimate of drug-likeness (QED) is 0.364. The number of hydrogen-bond acceptors (Lipinski definition) is 12. The molecule has 2 N–H and O–H groups in total. The molecule has 4 rings (SSSR count). The highest BCUT2D eigenvalue weighted by Gasteiger charge is 2.37. The number of anilines is 1. The van der Waals surface area contributed by atoms with E-state index in [-0.39, 0.29) is 29.2 Å². The Labute approximate surface area is 224 Å². The number of aliphatic hydroxyl groups excluding tert-OH is 1. The van der Waals surface area contributed by atoms with Gasteiger partial charge in [-0.3, -0.25) is 9.29 Å². The van der Waals surface area contributed by atoms with E-state index in [0.717, 1.165) is 12.8 Å². The summed E-state index contributed by atoms with van der Waals surface area (Å²) in [6.07, 6.45) is 5.18. The average Bonchev–Trinajstić information content (AvgIpc) is 3.31. The number of hydrogen-bond donors (Lipinski definition) is 2. The first-order chi connectivity index (χ1) is 18.2. The molecule has 14 nitrogen and oxygen atoms in total. The van der Waals surface area contributed by atoms with Crippen LogP contribution in [0.4, 0.5) is 5.95 Å². The van der Waals surface area contributed by atoms with Gasteiger partial charge in [0.15, 0.2) is 11.5 Å². The number of aliphatic hydroxyl groups is 1. The van der Waals surface area contributed by atoms with E-state index in [4.69, 9.17) is 25.8 Å². The van der Waals surface area contributed by atoms with E-state index in [1.54, 1.807) is 0 Å². The maximum atomic E-state index is 13.6. The molecule has 0 spiro atoms. The van der Waals surface area contributed by atoms with Crippen LogP contribution in [-0.4, -0.2) is 80.9 Å². The molecule has 3 aromatic heterocycles. The summed E-state index contributed by atoms with van der Waals surface area (Å²) in [5, 5.41) is 18.3. The first-order valence-corrected chi connectivity index (χ1v) is 13.7. The van der Waals surface area contributed by atoms with Crippen molar-refractivity contribution in [3.05, 3.63) is 35.4 Å². The topological polar surface area (TPSA) is 176 Å². The molecule has 0 amide bonds. The summed E-state index contributed by atoms with van der Waals surface area (Å²) in [7, 11) is -0.00443. The molecule has 0 saturated heterocycles. The van der Waals surface area contributed by atoms with Gasteiger partial charge in [0.2, 0.25) is 27.7 Å². The van der Waals surface area contributed by atoms with Crippen molar-refractivity contribution in [2.75, 3.05) is 26.1 Å². The van der Waals surface area contributed by atoms with Crippen molar-refractivity contribution in [2.24, 2.45) is 0 Å². The summed E-state index contributed by atoms with van der Waals surface area (Å²) in [5.41, 5.74) is 0.185. The minimum Gasteiger partial charge on any atom is -0.479 e. The number of rotatable bonds is 10. The van der Waals surface area contributed by atoms with Crippen LogP contribution < -0.4 is 14.2 Å². The van der Waals surface area contributed by atoms with E-state index in [1.165, 1.54) is 51.5 Å². The van der Waals surface area contributed by atoms with Gasteiger partial charge in [0.1, 0.15) is 23.5 Å². The highest BCUT2D eigenvalue weighted by atomic mass is 35.5. The maximum Gasteiger partial charge on any atom is 0.245 e. The molecule has 38 heavy (non-hydrogen) atoms. The Kier molecular flexibility index (Phi) is 8.60. The SMILES string of the molecule is COc1ncnc(OC)c1-n1c(NS(=O)(=O)[C@@H](C)[C@H](OC)c2ncc(Cl)cn2)nnc1[C@@H]1CCCC[C@H]1O. The van der Waals surface area contributed by atoms with Crippen LogP contribution in [0.5, 0.6) is 11.8 Å². The van der Waals surface area contributed by atoms with Crippen LogP contribution in [-0.2, 0) is 14.8 Å². The molecule has 0 unspecified atom stereocenters. The molecule has 1 fully saturated rings. The van der Waals surface area contributed by atoms with E-state index in [9.17, 15) is 13.5 Å². The van der Waals surface area contributed by atoms with Gasteiger partial charge in [0, 0.05) is 25.4 Å². The van der Waals surface area contributed by atoms with Crippen LogP contribution in [0.3, 0.4) is 0 Å². The predicted octanol–water partition coefficient (Wildman–Crippen LogP) is 2.05. The second-order valence-corrected chi connectivity index (χ2v) is 11.2. The van der Waals surface area contributed by atoms with Crippen LogP contribution in [0.1, 0.15) is 56.3 Å². The number of sulfonamides is 1. The highest BCUT2D eigenvalue weighted by Crippen LogP contribution is 2.39. The Morgan fingerprint density at radius 3 is 2.26 bits per heavy atom. The third-order valence-electron chi connectivity index (χ3n) is 6.41. The van der Waals surface area contributed by atoms with E-state index in [0.29, 0.717) is 23.7 Å². The number of nitrogens with one attached hydrogen (secondary N) is 1. The molecular weight excluding hydrogens is 540 g/mol. The first-order valence-electron chi connectivity index (χ1n) is 11.8. The van der Waals surface area contributed by atoms with Crippen LogP contribution in [0.25, 0.3) is 5.69 Å². The molecule has 1 aliphatic carbocycles. The van der Waals surface area contributed by atoms with E-state index in [1.807, 2.05) is 0 Å². The van der Waals surface area contributed by atoms with E-state index < -0.39 is 33.4 Å². The molecule has 1 saturated carbocycles. The Morgan fingerprint density at radius 2 is 1.68 bits per heavy atom. The van der Waals surface area contributed by atoms with Crippen LogP contribution in [0.2, 0.25) is 5.02 Å². The van der Waals surface area contributed by atoms with Gasteiger partial charge in [-0.1, -0.05) is 24.4 Å². The summed E-state index contributed by atoms with van der Waals surface area (Å²) in [5.74, 6) is 0.0704. The number of halogens is 1. The fraction of sp³-hybridized carbons (Fsp3) is 0.545. The number of nitrogens with zero attached hydrogens (tertiary/aromatic N) is 7. The van der Waals surface area contributed by atoms with Crippen LogP contribution in [0.15, 0.2) is 18.7 Å². The van der Waals surface area contributed by atoms with E-state index >= 15 is 0 Å². The molecule has 206 valence electrons. The second-order valence-electron chi connectivity index (χ2n) is 8.68. The fourth-order valence-electron chi connectivity index (χ4n) is 4.43. The fourth-order valence-corrected chi connectivity index (χ4v) is 5.66. The van der Waals surface area contributed by atoms with Gasteiger partial charge in [0.05, 0.1) is 25.3 Å². The van der Waals surface area contributed by atoms with Crippen molar-refractivity contribution < 1.29 is 27.7 Å². The minimum atomic E-state index is -4.18. The zero-order chi connectivity index (χ0) is 27.4. The second kappa shape index (κ2) is 11.7. The third kappa shape index (κ3) is 5.50. The molecule has 3 aromatic rings. The lowest BCUT2D eigenvalue weighted by atomic mass is 9.86. The van der Waals surface area contributed by atoms with E-state index in [2.05, 4.69) is 34.9 Å². The molecule has 0 aromatic carbocycles. The highest BCUT2D eigenvalue weighted by molar-refractivity contribution is 7.93. The summed E-state index contributed by atoms with van der Waals surface area (Å²) in [4.78, 5) is 16.5. The number of ether oxygens (including phenoxy) is 3. The average molecular weight is 569 g/mol. The monoisotopic (exact) mass is 568 g/mol. The lowest BCUT2D eigenvalue weighted by Crippen LogP contribution is -2.33. The van der Waals surface area contributed by atoms with Gasteiger partial charge in [-0.25, -0.2) is 18.4 Å². The number of aromatic nitrogens is 7. The molecule has 0 radical (unpaired) electrons. The molecule has 1 aliphatic rings. The maximum absolute atomic E-state index is 13.6. The van der Waals surface area contributed by atoms with Crippen molar-refractivity contribution >= 4 is 27.6 Å². The Bertz CT molecular complexity index is 1330. The summed E-state index contributed by atoms with van der Waals surface area (Å²) >= 11 is 5.88. The van der Waals surface area contributed by atoms with Crippen molar-refractivity contribution in [3.63, 3.8) is 0 Å². The zero-order valence-electron chi connectivity index (χ0n) is 21.3. The van der Waals surface area contributed by atoms with Gasteiger partial charge in [-0.2, -0.15) is 9.97 Å². The van der Waals surface area contributed by atoms with Crippen molar-refractivity contribution in [3.8, 4) is 17.4 Å². The van der Waals surface area contributed by atoms with Gasteiger partial charge in [0.25, 0.3) is 0 Å². The van der Waals surface area contributed by atoms with Crippen molar-refractivity contribution in [1.29, 1.82) is 0 Å². The summed E-state index contributed by atoms with van der Waals surface area (Å²) in [6.45, 7) is 1.45. The van der Waals surface area contributed by atoms with Crippen LogP contribution >= 0.6 is 11.6 Å². The Balaban J connectivity index is 1.80. The number of methoxy groups -OCH3 is 3. The normalized spacial score (nSPS) is 19.5. The molecule has 16 heteroatoms. The lowest BCUT2D eigenvalue weighted by Gasteiger charge is -2.28. The van der Waals surface area contributed by atoms with Gasteiger partial charge < -0.3 is 19.3 Å². The van der Waals surface area contributed by atoms with Gasteiger partial charge >= 0.3 is 0 Å². The van der Waals surface area contributed by atoms with Crippen molar-refractivity contribution in [2.45, 2.75) is 56.0 Å². The molecular formula is C22H29ClN8O6S. The molecule has 3 heterocycles. The summed E-state index contributed by atoms with van der Waals surface area (Å²) in [6, 6.07) is 0. The van der Waals surface area contributed by atoms with Gasteiger partial charge in [-0.15, -0.1) is 10.2 Å².